The molecule has 2 aliphatic rings. The highest BCUT2D eigenvalue weighted by Gasteiger charge is 2.39. The van der Waals surface area contributed by atoms with Gasteiger partial charge in [0.1, 0.15) is 5.67 Å². The molecule has 2 nitrogen and oxygen atoms in total. The van der Waals surface area contributed by atoms with E-state index in [1.165, 1.54) is 0 Å². The molecule has 0 N–H and O–H groups in total. The first-order chi connectivity index (χ1) is 6.94. The minimum Gasteiger partial charge on any atom is -0.250 e. The topological polar surface area (TPSA) is 29.4 Å². The van der Waals surface area contributed by atoms with Crippen molar-refractivity contribution in [2.24, 2.45) is 10.3 Å². The van der Waals surface area contributed by atoms with Crippen LogP contribution in [-0.2, 0) is 9.73 Å². The summed E-state index contributed by atoms with van der Waals surface area (Å²) in [5.74, 6) is 0.971. The molecule has 0 aromatic heterocycles. The van der Waals surface area contributed by atoms with E-state index < -0.39 is 15.4 Å². The molecule has 1 aliphatic carbocycles. The Kier molecular flexibility index (Phi) is 2.82. The first-order valence-electron chi connectivity index (χ1n) is 5.84. The summed E-state index contributed by atoms with van der Waals surface area (Å²) in [5.41, 5.74) is -1.10. The fourth-order valence-electron chi connectivity index (χ4n) is 2.02. The first-order valence-corrected chi connectivity index (χ1v) is 7.69. The molecule has 1 heterocycles. The average molecular weight is 233 g/mol. The molecule has 0 radical (unpaired) electrons. The Labute approximate surface area is 91.8 Å². The van der Waals surface area contributed by atoms with Gasteiger partial charge in [-0.3, -0.25) is 0 Å². The Hall–Kier alpha value is -0.120. The molecule has 1 aliphatic heterocycles. The summed E-state index contributed by atoms with van der Waals surface area (Å²) in [4.78, 5) is 0. The summed E-state index contributed by atoms with van der Waals surface area (Å²) in [6.45, 7) is 3.82. The lowest BCUT2D eigenvalue weighted by Crippen LogP contribution is -2.39. The van der Waals surface area contributed by atoms with Crippen molar-refractivity contribution < 1.29 is 8.60 Å². The molecule has 4 heteroatoms. The van der Waals surface area contributed by atoms with Crippen molar-refractivity contribution in [1.29, 1.82) is 0 Å². The second kappa shape index (κ2) is 3.72. The fraction of sp³-hybridized carbons (Fsp3) is 1.00. The van der Waals surface area contributed by atoms with Crippen LogP contribution in [0.3, 0.4) is 0 Å². The maximum absolute atomic E-state index is 14.2. The molecule has 2 rings (SSSR count). The van der Waals surface area contributed by atoms with Gasteiger partial charge in [-0.15, -0.1) is 0 Å². The summed E-state index contributed by atoms with van der Waals surface area (Å²) in [6, 6.07) is 0.337. The molecule has 0 spiro atoms. The Morgan fingerprint density at radius 2 is 1.87 bits per heavy atom. The zero-order chi connectivity index (χ0) is 11.1. The van der Waals surface area contributed by atoms with Crippen LogP contribution in [-0.4, -0.2) is 27.4 Å². The van der Waals surface area contributed by atoms with E-state index in [9.17, 15) is 8.60 Å². The highest BCUT2D eigenvalue weighted by molar-refractivity contribution is 7.93. The van der Waals surface area contributed by atoms with Crippen LogP contribution in [0.5, 0.6) is 0 Å². The second-order valence-electron chi connectivity index (χ2n) is 5.21. The average Bonchev–Trinajstić information content (AvgIpc) is 2.94. The smallest absolute Gasteiger partial charge is 0.115 e. The van der Waals surface area contributed by atoms with Crippen LogP contribution in [0.2, 0.25) is 0 Å². The molecule has 0 bridgehead atoms. The summed E-state index contributed by atoms with van der Waals surface area (Å²) in [6.07, 6.45) is 3.03. The lowest BCUT2D eigenvalue weighted by molar-refractivity contribution is 0.0885. The number of hydrogen-bond donors (Lipinski definition) is 0. The fourth-order valence-corrected chi connectivity index (χ4v) is 4.51. The predicted octanol–water partition coefficient (Wildman–Crippen LogP) is 2.77. The minimum atomic E-state index is -2.05. The van der Waals surface area contributed by atoms with Gasteiger partial charge in [0.15, 0.2) is 0 Å². The van der Waals surface area contributed by atoms with Gasteiger partial charge in [-0.1, -0.05) is 13.8 Å². The normalized spacial score (nSPS) is 41.9. The van der Waals surface area contributed by atoms with Gasteiger partial charge in [-0.2, -0.15) is 0 Å². The van der Waals surface area contributed by atoms with Crippen molar-refractivity contribution in [2.45, 2.75) is 51.2 Å². The van der Waals surface area contributed by atoms with E-state index in [1.54, 1.807) is 0 Å². The van der Waals surface area contributed by atoms with E-state index in [0.29, 0.717) is 30.4 Å². The lowest BCUT2D eigenvalue weighted by Gasteiger charge is -2.34. The minimum absolute atomic E-state index is 0.0300. The van der Waals surface area contributed by atoms with E-state index in [-0.39, 0.29) is 5.92 Å². The predicted molar refractivity (Wildman–Crippen MR) is 61.2 cm³/mol. The summed E-state index contributed by atoms with van der Waals surface area (Å²) in [7, 11) is -2.05. The monoisotopic (exact) mass is 233 g/mol. The number of alkyl halides is 1. The van der Waals surface area contributed by atoms with Crippen LogP contribution < -0.4 is 0 Å². The number of halogens is 1. The SMILES string of the molecule is CC(C)C1(F)CCS(=O)(=NC2CC2)CC1. The van der Waals surface area contributed by atoms with Crippen LogP contribution >= 0.6 is 0 Å². The molecule has 0 aromatic rings. The molecule has 0 amide bonds. The van der Waals surface area contributed by atoms with E-state index in [4.69, 9.17) is 0 Å². The van der Waals surface area contributed by atoms with Gasteiger partial charge in [-0.25, -0.2) is 13.0 Å². The standard InChI is InChI=1S/C11H20FNOS/c1-9(2)11(12)5-7-15(14,8-6-11)13-10-3-4-10/h9-10H,3-8H2,1-2H3. The maximum atomic E-state index is 14.2. The number of rotatable bonds is 2. The molecule has 88 valence electrons. The first kappa shape index (κ1) is 11.4. The molecule has 0 atom stereocenters. The molecule has 0 unspecified atom stereocenters. The number of hydrogen-bond acceptors (Lipinski definition) is 2. The largest absolute Gasteiger partial charge is 0.250 e. The van der Waals surface area contributed by atoms with Crippen molar-refractivity contribution >= 4 is 9.73 Å². The summed E-state index contributed by atoms with van der Waals surface area (Å²) >= 11 is 0. The highest BCUT2D eigenvalue weighted by atomic mass is 32.2. The van der Waals surface area contributed by atoms with Crippen LogP contribution in [0, 0.1) is 5.92 Å². The van der Waals surface area contributed by atoms with E-state index >= 15 is 0 Å². The Balaban J connectivity index is 2.05. The van der Waals surface area contributed by atoms with Crippen molar-refractivity contribution in [3.63, 3.8) is 0 Å². The zero-order valence-electron chi connectivity index (χ0n) is 9.54. The van der Waals surface area contributed by atoms with Crippen LogP contribution in [0.25, 0.3) is 0 Å². The van der Waals surface area contributed by atoms with Gasteiger partial charge in [0.2, 0.25) is 0 Å². The Morgan fingerprint density at radius 1 is 1.33 bits per heavy atom. The van der Waals surface area contributed by atoms with Gasteiger partial charge in [0.05, 0.1) is 6.04 Å². The molecule has 0 aromatic carbocycles. The molecule has 1 saturated heterocycles. The summed E-state index contributed by atoms with van der Waals surface area (Å²) in [5, 5.41) is 0. The van der Waals surface area contributed by atoms with Gasteiger partial charge in [-0.05, 0) is 31.6 Å². The lowest BCUT2D eigenvalue weighted by atomic mass is 9.87. The van der Waals surface area contributed by atoms with Crippen molar-refractivity contribution in [3.05, 3.63) is 0 Å². The maximum Gasteiger partial charge on any atom is 0.115 e. The Morgan fingerprint density at radius 3 is 2.27 bits per heavy atom. The van der Waals surface area contributed by atoms with Gasteiger partial charge < -0.3 is 0 Å². The van der Waals surface area contributed by atoms with Crippen molar-refractivity contribution in [3.8, 4) is 0 Å². The molecular formula is C11H20FNOS. The van der Waals surface area contributed by atoms with E-state index in [0.717, 1.165) is 12.8 Å². The third-order valence-electron chi connectivity index (χ3n) is 3.60. The Bertz CT molecular complexity index is 340. The quantitative estimate of drug-likeness (QED) is 0.721. The molecule has 2 fully saturated rings. The van der Waals surface area contributed by atoms with Crippen LogP contribution in [0.15, 0.2) is 4.36 Å². The van der Waals surface area contributed by atoms with Crippen LogP contribution in [0.1, 0.15) is 39.5 Å². The molecular weight excluding hydrogens is 213 g/mol. The molecule has 15 heavy (non-hydrogen) atoms. The van der Waals surface area contributed by atoms with Gasteiger partial charge >= 0.3 is 0 Å². The number of nitrogens with zero attached hydrogens (tertiary/aromatic N) is 1. The second-order valence-corrected chi connectivity index (χ2v) is 7.78. The zero-order valence-corrected chi connectivity index (χ0v) is 10.4. The van der Waals surface area contributed by atoms with Crippen LogP contribution in [0.4, 0.5) is 4.39 Å². The molecule has 1 saturated carbocycles. The third kappa shape index (κ3) is 2.52. The van der Waals surface area contributed by atoms with Gasteiger partial charge in [0, 0.05) is 21.2 Å². The van der Waals surface area contributed by atoms with Crippen molar-refractivity contribution in [2.75, 3.05) is 11.5 Å². The van der Waals surface area contributed by atoms with Crippen molar-refractivity contribution in [1.82, 2.24) is 0 Å². The van der Waals surface area contributed by atoms with E-state index in [1.807, 2.05) is 13.8 Å². The third-order valence-corrected chi connectivity index (χ3v) is 5.96. The van der Waals surface area contributed by atoms with Gasteiger partial charge in [0.25, 0.3) is 0 Å². The summed E-state index contributed by atoms with van der Waals surface area (Å²) < 4.78 is 30.8. The highest BCUT2D eigenvalue weighted by Crippen LogP contribution is 2.36. The van der Waals surface area contributed by atoms with E-state index in [2.05, 4.69) is 4.36 Å².